The molecule has 1 aliphatic heterocycles. The van der Waals surface area contributed by atoms with Gasteiger partial charge in [-0.25, -0.2) is 4.39 Å². The quantitative estimate of drug-likeness (QED) is 0.770. The summed E-state index contributed by atoms with van der Waals surface area (Å²) in [7, 11) is 0. The second kappa shape index (κ2) is 8.97. The first kappa shape index (κ1) is 20.0. The van der Waals surface area contributed by atoms with E-state index in [0.717, 1.165) is 25.2 Å². The molecular formula is C22H26FN3O2. The third-order valence-corrected chi connectivity index (χ3v) is 5.23. The second-order valence-corrected chi connectivity index (χ2v) is 6.98. The van der Waals surface area contributed by atoms with Crippen LogP contribution in [0.3, 0.4) is 0 Å². The monoisotopic (exact) mass is 383 g/mol. The fourth-order valence-electron chi connectivity index (χ4n) is 3.55. The number of hydrogen-bond acceptors (Lipinski definition) is 3. The highest BCUT2D eigenvalue weighted by molar-refractivity contribution is 6.01. The SMILES string of the molecule is CCN(CC)Cc1ccccc1CNC(=O)[C@H]1CC(=O)Nc2cc(F)ccc21. The van der Waals surface area contributed by atoms with Crippen LogP contribution in [0.5, 0.6) is 0 Å². The van der Waals surface area contributed by atoms with Crippen molar-refractivity contribution in [3.05, 3.63) is 65.0 Å². The van der Waals surface area contributed by atoms with Crippen molar-refractivity contribution in [3.63, 3.8) is 0 Å². The minimum absolute atomic E-state index is 0.0611. The molecule has 2 aromatic carbocycles. The van der Waals surface area contributed by atoms with Gasteiger partial charge < -0.3 is 10.6 Å². The average molecular weight is 383 g/mol. The number of amides is 2. The van der Waals surface area contributed by atoms with Crippen LogP contribution in [0.4, 0.5) is 10.1 Å². The molecule has 6 heteroatoms. The summed E-state index contributed by atoms with van der Waals surface area (Å²) in [5.41, 5.74) is 3.26. The molecule has 2 amide bonds. The van der Waals surface area contributed by atoms with Crippen molar-refractivity contribution in [3.8, 4) is 0 Å². The summed E-state index contributed by atoms with van der Waals surface area (Å²) in [6.45, 7) is 7.39. The maximum absolute atomic E-state index is 13.5. The Balaban J connectivity index is 1.73. The number of hydrogen-bond donors (Lipinski definition) is 2. The van der Waals surface area contributed by atoms with E-state index in [0.29, 0.717) is 17.8 Å². The summed E-state index contributed by atoms with van der Waals surface area (Å²) in [5.74, 6) is -1.55. The Morgan fingerprint density at radius 1 is 1.18 bits per heavy atom. The number of carbonyl (C=O) groups is 2. The van der Waals surface area contributed by atoms with Gasteiger partial charge in [0, 0.05) is 25.2 Å². The van der Waals surface area contributed by atoms with Gasteiger partial charge in [-0.3, -0.25) is 14.5 Å². The summed E-state index contributed by atoms with van der Waals surface area (Å²) in [5, 5.41) is 5.60. The standard InChI is InChI=1S/C22H26FN3O2/c1-3-26(4-2)14-16-8-6-5-7-15(16)13-24-22(28)19-12-21(27)25-20-11-17(23)9-10-18(19)20/h5-11,19H,3-4,12-14H2,1-2H3,(H,24,28)(H,25,27)/t19-/m0/s1. The van der Waals surface area contributed by atoms with Gasteiger partial charge in [0.15, 0.2) is 0 Å². The van der Waals surface area contributed by atoms with Crippen LogP contribution in [0.25, 0.3) is 0 Å². The Labute approximate surface area is 164 Å². The number of nitrogens with zero attached hydrogens (tertiary/aromatic N) is 1. The number of carbonyl (C=O) groups excluding carboxylic acids is 2. The number of anilines is 1. The fraction of sp³-hybridized carbons (Fsp3) is 0.364. The molecule has 3 rings (SSSR count). The lowest BCUT2D eigenvalue weighted by molar-refractivity contribution is -0.126. The molecule has 0 aromatic heterocycles. The lowest BCUT2D eigenvalue weighted by atomic mass is 9.89. The van der Waals surface area contributed by atoms with Crippen LogP contribution < -0.4 is 10.6 Å². The van der Waals surface area contributed by atoms with Gasteiger partial charge in [0.1, 0.15) is 5.82 Å². The van der Waals surface area contributed by atoms with Gasteiger partial charge in [0.05, 0.1) is 5.92 Å². The molecule has 0 saturated carbocycles. The first-order chi connectivity index (χ1) is 13.5. The van der Waals surface area contributed by atoms with Gasteiger partial charge in [0.2, 0.25) is 11.8 Å². The van der Waals surface area contributed by atoms with Crippen LogP contribution in [-0.4, -0.2) is 29.8 Å². The van der Waals surface area contributed by atoms with Gasteiger partial charge in [-0.15, -0.1) is 0 Å². The molecule has 148 valence electrons. The van der Waals surface area contributed by atoms with Crippen molar-refractivity contribution >= 4 is 17.5 Å². The van der Waals surface area contributed by atoms with Gasteiger partial charge in [0.25, 0.3) is 0 Å². The molecule has 1 atom stereocenters. The lowest BCUT2D eigenvalue weighted by Gasteiger charge is -2.25. The topological polar surface area (TPSA) is 61.4 Å². The molecule has 1 aliphatic rings. The first-order valence-corrected chi connectivity index (χ1v) is 9.68. The Hall–Kier alpha value is -2.73. The van der Waals surface area contributed by atoms with E-state index in [4.69, 9.17) is 0 Å². The van der Waals surface area contributed by atoms with Gasteiger partial charge in [-0.1, -0.05) is 44.2 Å². The smallest absolute Gasteiger partial charge is 0.228 e. The molecule has 0 unspecified atom stereocenters. The Morgan fingerprint density at radius 2 is 1.89 bits per heavy atom. The fourth-order valence-corrected chi connectivity index (χ4v) is 3.55. The lowest BCUT2D eigenvalue weighted by Crippen LogP contribution is -2.35. The third-order valence-electron chi connectivity index (χ3n) is 5.23. The van der Waals surface area contributed by atoms with Gasteiger partial charge in [-0.2, -0.15) is 0 Å². The average Bonchev–Trinajstić information content (AvgIpc) is 2.69. The Kier molecular flexibility index (Phi) is 6.41. The molecule has 28 heavy (non-hydrogen) atoms. The zero-order valence-corrected chi connectivity index (χ0v) is 16.3. The van der Waals surface area contributed by atoms with Crippen LogP contribution in [-0.2, 0) is 22.7 Å². The molecule has 0 saturated heterocycles. The van der Waals surface area contributed by atoms with Crippen molar-refractivity contribution in [2.24, 2.45) is 0 Å². The third kappa shape index (κ3) is 4.57. The van der Waals surface area contributed by atoms with Crippen LogP contribution in [0.2, 0.25) is 0 Å². The van der Waals surface area contributed by atoms with Crippen molar-refractivity contribution in [2.45, 2.75) is 39.3 Å². The molecule has 2 N–H and O–H groups in total. The summed E-state index contributed by atoms with van der Waals surface area (Å²) in [6, 6.07) is 12.2. The van der Waals surface area contributed by atoms with E-state index >= 15 is 0 Å². The van der Waals surface area contributed by atoms with Crippen LogP contribution in [0.15, 0.2) is 42.5 Å². The maximum Gasteiger partial charge on any atom is 0.228 e. The van der Waals surface area contributed by atoms with Crippen molar-refractivity contribution in [1.29, 1.82) is 0 Å². The molecule has 0 aliphatic carbocycles. The zero-order chi connectivity index (χ0) is 20.1. The van der Waals surface area contributed by atoms with Crippen LogP contribution in [0, 0.1) is 5.82 Å². The van der Waals surface area contributed by atoms with E-state index in [1.807, 2.05) is 18.2 Å². The van der Waals surface area contributed by atoms with Crippen LogP contribution in [0.1, 0.15) is 42.9 Å². The molecule has 0 fully saturated rings. The Morgan fingerprint density at radius 3 is 2.61 bits per heavy atom. The minimum Gasteiger partial charge on any atom is -0.351 e. The Bertz CT molecular complexity index is 865. The van der Waals surface area contributed by atoms with Gasteiger partial charge >= 0.3 is 0 Å². The van der Waals surface area contributed by atoms with E-state index in [1.54, 1.807) is 6.07 Å². The number of nitrogens with one attached hydrogen (secondary N) is 2. The highest BCUT2D eigenvalue weighted by Gasteiger charge is 2.30. The summed E-state index contributed by atoms with van der Waals surface area (Å²) < 4.78 is 13.5. The highest BCUT2D eigenvalue weighted by Crippen LogP contribution is 2.32. The largest absolute Gasteiger partial charge is 0.351 e. The summed E-state index contributed by atoms with van der Waals surface area (Å²) >= 11 is 0. The van der Waals surface area contributed by atoms with Gasteiger partial charge in [-0.05, 0) is 41.9 Å². The normalized spacial score (nSPS) is 15.9. The first-order valence-electron chi connectivity index (χ1n) is 9.68. The van der Waals surface area contributed by atoms with E-state index < -0.39 is 11.7 Å². The van der Waals surface area contributed by atoms with Crippen LogP contribution >= 0.6 is 0 Å². The predicted octanol–water partition coefficient (Wildman–Crippen LogP) is 3.41. The molecular weight excluding hydrogens is 357 g/mol. The maximum atomic E-state index is 13.5. The zero-order valence-electron chi connectivity index (χ0n) is 16.3. The minimum atomic E-state index is -0.612. The van der Waals surface area contributed by atoms with E-state index in [2.05, 4.69) is 35.4 Å². The van der Waals surface area contributed by atoms with Crippen molar-refractivity contribution in [2.75, 3.05) is 18.4 Å². The molecule has 0 spiro atoms. The van der Waals surface area contributed by atoms with Crippen molar-refractivity contribution in [1.82, 2.24) is 10.2 Å². The van der Waals surface area contributed by atoms with E-state index in [1.165, 1.54) is 17.7 Å². The molecule has 2 aromatic rings. The highest BCUT2D eigenvalue weighted by atomic mass is 19.1. The number of rotatable bonds is 7. The summed E-state index contributed by atoms with van der Waals surface area (Å²) in [4.78, 5) is 27.1. The second-order valence-electron chi connectivity index (χ2n) is 6.98. The molecule has 0 bridgehead atoms. The summed E-state index contributed by atoms with van der Waals surface area (Å²) in [6.07, 6.45) is 0.0611. The molecule has 0 radical (unpaired) electrons. The molecule has 5 nitrogen and oxygen atoms in total. The number of fused-ring (bicyclic) bond motifs is 1. The number of benzene rings is 2. The molecule has 1 heterocycles. The predicted molar refractivity (Wildman–Crippen MR) is 107 cm³/mol. The number of halogens is 1. The van der Waals surface area contributed by atoms with E-state index in [9.17, 15) is 14.0 Å². The van der Waals surface area contributed by atoms with E-state index in [-0.39, 0.29) is 18.2 Å². The van der Waals surface area contributed by atoms with Crippen molar-refractivity contribution < 1.29 is 14.0 Å².